The number of sulfonamides is 1. The highest BCUT2D eigenvalue weighted by Gasteiger charge is 2.22. The minimum atomic E-state index is -3.75. The number of ether oxygens (including phenoxy) is 2. The second kappa shape index (κ2) is 8.42. The zero-order valence-electron chi connectivity index (χ0n) is 16.0. The number of hydrogen-bond acceptors (Lipinski definition) is 5. The zero-order valence-corrected chi connectivity index (χ0v) is 16.9. The van der Waals surface area contributed by atoms with Gasteiger partial charge in [-0.15, -0.1) is 0 Å². The summed E-state index contributed by atoms with van der Waals surface area (Å²) in [6, 6.07) is 13.2. The Morgan fingerprint density at radius 3 is 2.66 bits per heavy atom. The van der Waals surface area contributed by atoms with E-state index >= 15 is 0 Å². The van der Waals surface area contributed by atoms with Crippen LogP contribution in [0.4, 0.5) is 11.4 Å². The molecule has 4 rings (SSSR count). The largest absolute Gasteiger partial charge is 0.491 e. The average Bonchev–Trinajstić information content (AvgIpc) is 3.38. The van der Waals surface area contributed by atoms with E-state index in [2.05, 4.69) is 4.72 Å². The van der Waals surface area contributed by atoms with E-state index in [9.17, 15) is 13.2 Å². The predicted octanol–water partition coefficient (Wildman–Crippen LogP) is 3.17. The highest BCUT2D eigenvalue weighted by molar-refractivity contribution is 7.92. The van der Waals surface area contributed by atoms with Crippen molar-refractivity contribution in [3.63, 3.8) is 0 Å². The van der Waals surface area contributed by atoms with E-state index in [-0.39, 0.29) is 16.9 Å². The molecule has 1 amide bonds. The van der Waals surface area contributed by atoms with Gasteiger partial charge in [0.25, 0.3) is 10.0 Å². The van der Waals surface area contributed by atoms with Crippen molar-refractivity contribution in [2.45, 2.75) is 36.7 Å². The smallest absolute Gasteiger partial charge is 0.261 e. The maximum Gasteiger partial charge on any atom is 0.261 e. The standard InChI is InChI=1S/C21H24N2O5S/c24-21-7-2-12-23(21)17-8-10-20(11-9-17)29(25,26)22-16-4-1-5-18(14-16)28-15-19-6-3-13-27-19/h1,4-5,8-11,14,19,22H,2-3,6-7,12-13,15H2. The molecule has 0 radical (unpaired) electrons. The molecule has 0 aliphatic carbocycles. The number of nitrogens with zero attached hydrogens (tertiary/aromatic N) is 1. The predicted molar refractivity (Wildman–Crippen MR) is 110 cm³/mol. The third kappa shape index (κ3) is 4.71. The van der Waals surface area contributed by atoms with Crippen molar-refractivity contribution in [3.8, 4) is 5.75 Å². The molecule has 1 N–H and O–H groups in total. The van der Waals surface area contributed by atoms with E-state index in [0.717, 1.165) is 31.6 Å². The lowest BCUT2D eigenvalue weighted by Crippen LogP contribution is -2.23. The summed E-state index contributed by atoms with van der Waals surface area (Å²) in [5.74, 6) is 0.655. The highest BCUT2D eigenvalue weighted by Crippen LogP contribution is 2.25. The van der Waals surface area contributed by atoms with Crippen LogP contribution >= 0.6 is 0 Å². The molecule has 2 saturated heterocycles. The van der Waals surface area contributed by atoms with Crippen molar-refractivity contribution in [1.82, 2.24) is 0 Å². The molecule has 8 heteroatoms. The fourth-order valence-electron chi connectivity index (χ4n) is 3.55. The molecule has 7 nitrogen and oxygen atoms in total. The quantitative estimate of drug-likeness (QED) is 0.749. The Kier molecular flexibility index (Phi) is 5.73. The monoisotopic (exact) mass is 416 g/mol. The minimum Gasteiger partial charge on any atom is -0.491 e. The van der Waals surface area contributed by atoms with E-state index in [1.54, 1.807) is 41.3 Å². The molecular weight excluding hydrogens is 392 g/mol. The summed E-state index contributed by atoms with van der Waals surface area (Å²) in [6.45, 7) is 1.88. The third-order valence-electron chi connectivity index (χ3n) is 5.08. The normalized spacial score (nSPS) is 19.5. The molecule has 0 saturated carbocycles. The van der Waals surface area contributed by atoms with E-state index in [4.69, 9.17) is 9.47 Å². The van der Waals surface area contributed by atoms with Gasteiger partial charge in [0.2, 0.25) is 5.91 Å². The Labute approximate surface area is 170 Å². The molecular formula is C21H24N2O5S. The van der Waals surface area contributed by atoms with Gasteiger partial charge in [-0.05, 0) is 55.7 Å². The summed E-state index contributed by atoms with van der Waals surface area (Å²) < 4.78 is 39.3. The zero-order chi connectivity index (χ0) is 20.3. The molecule has 0 bridgehead atoms. The van der Waals surface area contributed by atoms with E-state index in [1.165, 1.54) is 12.1 Å². The second-order valence-corrected chi connectivity index (χ2v) is 8.90. The van der Waals surface area contributed by atoms with E-state index in [1.807, 2.05) is 0 Å². The maximum absolute atomic E-state index is 12.7. The fourth-order valence-corrected chi connectivity index (χ4v) is 4.60. The van der Waals surface area contributed by atoms with Crippen LogP contribution in [0.2, 0.25) is 0 Å². The Bertz CT molecular complexity index is 969. The first-order chi connectivity index (χ1) is 14.0. The molecule has 2 aliphatic heterocycles. The van der Waals surface area contributed by atoms with Crippen molar-refractivity contribution in [1.29, 1.82) is 0 Å². The minimum absolute atomic E-state index is 0.0681. The summed E-state index contributed by atoms with van der Waals surface area (Å²) in [6.07, 6.45) is 3.47. The number of rotatable bonds is 7. The summed E-state index contributed by atoms with van der Waals surface area (Å²) in [5, 5.41) is 0. The van der Waals surface area contributed by atoms with Crippen LogP contribution in [-0.4, -0.2) is 40.2 Å². The van der Waals surface area contributed by atoms with Gasteiger partial charge >= 0.3 is 0 Å². The van der Waals surface area contributed by atoms with Gasteiger partial charge in [0, 0.05) is 31.3 Å². The third-order valence-corrected chi connectivity index (χ3v) is 6.48. The lowest BCUT2D eigenvalue weighted by Gasteiger charge is -2.16. The van der Waals surface area contributed by atoms with Crippen LogP contribution < -0.4 is 14.4 Å². The first-order valence-electron chi connectivity index (χ1n) is 9.79. The molecule has 0 aromatic heterocycles. The summed E-state index contributed by atoms with van der Waals surface area (Å²) >= 11 is 0. The van der Waals surface area contributed by atoms with Crippen LogP contribution in [0.3, 0.4) is 0 Å². The molecule has 2 heterocycles. The van der Waals surface area contributed by atoms with Gasteiger partial charge < -0.3 is 14.4 Å². The Morgan fingerprint density at radius 2 is 1.97 bits per heavy atom. The van der Waals surface area contributed by atoms with Gasteiger partial charge in [-0.1, -0.05) is 6.07 Å². The van der Waals surface area contributed by atoms with Crippen LogP contribution in [0.25, 0.3) is 0 Å². The number of carbonyl (C=O) groups is 1. The van der Waals surface area contributed by atoms with E-state index in [0.29, 0.717) is 31.0 Å². The van der Waals surface area contributed by atoms with Gasteiger partial charge in [0.1, 0.15) is 12.4 Å². The van der Waals surface area contributed by atoms with Crippen LogP contribution in [0, 0.1) is 0 Å². The maximum atomic E-state index is 12.7. The molecule has 2 aromatic carbocycles. The van der Waals surface area contributed by atoms with Crippen LogP contribution in [0.1, 0.15) is 25.7 Å². The van der Waals surface area contributed by atoms with Crippen LogP contribution in [0.15, 0.2) is 53.4 Å². The Balaban J connectivity index is 1.42. The number of benzene rings is 2. The van der Waals surface area contributed by atoms with Gasteiger partial charge in [0.05, 0.1) is 16.7 Å². The summed E-state index contributed by atoms with van der Waals surface area (Å²) in [5.41, 5.74) is 1.14. The van der Waals surface area contributed by atoms with Crippen molar-refractivity contribution < 1.29 is 22.7 Å². The molecule has 2 aromatic rings. The number of amides is 1. The fraction of sp³-hybridized carbons (Fsp3) is 0.381. The molecule has 2 aliphatic rings. The second-order valence-electron chi connectivity index (χ2n) is 7.22. The lowest BCUT2D eigenvalue weighted by atomic mass is 10.2. The van der Waals surface area contributed by atoms with Crippen molar-refractivity contribution >= 4 is 27.3 Å². The lowest BCUT2D eigenvalue weighted by molar-refractivity contribution is -0.117. The molecule has 29 heavy (non-hydrogen) atoms. The first kappa shape index (κ1) is 19.7. The van der Waals surface area contributed by atoms with Crippen LogP contribution in [-0.2, 0) is 19.6 Å². The average molecular weight is 416 g/mol. The molecule has 1 unspecified atom stereocenters. The van der Waals surface area contributed by atoms with Crippen molar-refractivity contribution in [3.05, 3.63) is 48.5 Å². The SMILES string of the molecule is O=C1CCCN1c1ccc(S(=O)(=O)Nc2cccc(OCC3CCCO3)c2)cc1. The number of hydrogen-bond donors (Lipinski definition) is 1. The van der Waals surface area contributed by atoms with Crippen LogP contribution in [0.5, 0.6) is 5.75 Å². The van der Waals surface area contributed by atoms with Crippen molar-refractivity contribution in [2.24, 2.45) is 0 Å². The van der Waals surface area contributed by atoms with Crippen molar-refractivity contribution in [2.75, 3.05) is 29.4 Å². The highest BCUT2D eigenvalue weighted by atomic mass is 32.2. The summed E-state index contributed by atoms with van der Waals surface area (Å²) in [4.78, 5) is 13.7. The van der Waals surface area contributed by atoms with Gasteiger partial charge in [0.15, 0.2) is 0 Å². The molecule has 154 valence electrons. The van der Waals surface area contributed by atoms with Gasteiger partial charge in [-0.3, -0.25) is 9.52 Å². The van der Waals surface area contributed by atoms with E-state index < -0.39 is 10.0 Å². The Morgan fingerprint density at radius 1 is 1.14 bits per heavy atom. The van der Waals surface area contributed by atoms with Gasteiger partial charge in [-0.2, -0.15) is 0 Å². The first-order valence-corrected chi connectivity index (χ1v) is 11.3. The topological polar surface area (TPSA) is 84.9 Å². The number of anilines is 2. The number of nitrogens with one attached hydrogen (secondary N) is 1. The molecule has 1 atom stereocenters. The molecule has 2 fully saturated rings. The molecule has 0 spiro atoms. The number of carbonyl (C=O) groups excluding carboxylic acids is 1. The summed E-state index contributed by atoms with van der Waals surface area (Å²) in [7, 11) is -3.75. The van der Waals surface area contributed by atoms with Gasteiger partial charge in [-0.25, -0.2) is 8.42 Å². The Hall–Kier alpha value is -2.58.